The molecule has 1 heterocycles. The van der Waals surface area contributed by atoms with Crippen LogP contribution in [-0.4, -0.2) is 9.97 Å². The first-order valence-corrected chi connectivity index (χ1v) is 2.75. The number of rotatable bonds is 1. The van der Waals surface area contributed by atoms with Gasteiger partial charge in [0.1, 0.15) is 5.82 Å². The lowest BCUT2D eigenvalue weighted by molar-refractivity contribution is 1.18. The van der Waals surface area contributed by atoms with Gasteiger partial charge in [-0.25, -0.2) is 4.98 Å². The van der Waals surface area contributed by atoms with Gasteiger partial charge in [0.25, 0.3) is 0 Å². The van der Waals surface area contributed by atoms with Crippen LogP contribution >= 0.6 is 0 Å². The molecule has 0 aliphatic heterocycles. The van der Waals surface area contributed by atoms with E-state index in [0.29, 0.717) is 11.5 Å². The predicted molar refractivity (Wildman–Crippen MR) is 40.9 cm³/mol. The smallest absolute Gasteiger partial charge is 0.222 e. The first-order chi connectivity index (χ1) is 4.72. The maximum absolute atomic E-state index is 5.36. The van der Waals surface area contributed by atoms with Gasteiger partial charge in [-0.3, -0.25) is 0 Å². The Balaban J connectivity index is 3.18. The topological polar surface area (TPSA) is 77.8 Å². The third-order valence-corrected chi connectivity index (χ3v) is 0.992. The van der Waals surface area contributed by atoms with Crippen LogP contribution < -0.4 is 11.5 Å². The number of nitrogen functional groups attached to an aromatic ring is 2. The van der Waals surface area contributed by atoms with Gasteiger partial charge in [-0.05, 0) is 6.08 Å². The molecule has 1 aromatic rings. The Morgan fingerprint density at radius 1 is 1.40 bits per heavy atom. The molecule has 0 spiro atoms. The Kier molecular flexibility index (Phi) is 1.53. The second kappa shape index (κ2) is 2.34. The zero-order chi connectivity index (χ0) is 7.56. The second-order valence-electron chi connectivity index (χ2n) is 1.78. The molecule has 1 rings (SSSR count). The first kappa shape index (κ1) is 6.54. The number of hydrogen-bond acceptors (Lipinski definition) is 4. The first-order valence-electron chi connectivity index (χ1n) is 2.75. The van der Waals surface area contributed by atoms with Crippen molar-refractivity contribution in [1.29, 1.82) is 0 Å². The second-order valence-corrected chi connectivity index (χ2v) is 1.78. The van der Waals surface area contributed by atoms with E-state index in [2.05, 4.69) is 16.5 Å². The predicted octanol–water partition coefficient (Wildman–Crippen LogP) is 0.284. The average molecular weight is 136 g/mol. The van der Waals surface area contributed by atoms with E-state index in [-0.39, 0.29) is 5.95 Å². The highest BCUT2D eigenvalue weighted by Gasteiger charge is 1.93. The van der Waals surface area contributed by atoms with Crippen molar-refractivity contribution >= 4 is 17.8 Å². The summed E-state index contributed by atoms with van der Waals surface area (Å²) in [4.78, 5) is 7.50. The summed E-state index contributed by atoms with van der Waals surface area (Å²) in [5.41, 5.74) is 11.3. The maximum atomic E-state index is 5.36. The molecule has 52 valence electrons. The SMILES string of the molecule is C=Cc1cc(N)nc(N)n1. The number of aromatic nitrogens is 2. The summed E-state index contributed by atoms with van der Waals surface area (Å²) in [7, 11) is 0. The van der Waals surface area contributed by atoms with Crippen molar-refractivity contribution in [1.82, 2.24) is 9.97 Å². The monoisotopic (exact) mass is 136 g/mol. The van der Waals surface area contributed by atoms with Crippen molar-refractivity contribution < 1.29 is 0 Å². The van der Waals surface area contributed by atoms with E-state index in [1.54, 1.807) is 12.1 Å². The van der Waals surface area contributed by atoms with Crippen molar-refractivity contribution in [3.63, 3.8) is 0 Å². The summed E-state index contributed by atoms with van der Waals surface area (Å²) in [6.07, 6.45) is 1.56. The average Bonchev–Trinajstić information content (AvgIpc) is 1.85. The van der Waals surface area contributed by atoms with Crippen molar-refractivity contribution in [2.45, 2.75) is 0 Å². The lowest BCUT2D eigenvalue weighted by Crippen LogP contribution is -1.99. The third-order valence-electron chi connectivity index (χ3n) is 0.992. The number of hydrogen-bond donors (Lipinski definition) is 2. The molecule has 0 amide bonds. The van der Waals surface area contributed by atoms with Crippen LogP contribution in [0.4, 0.5) is 11.8 Å². The Morgan fingerprint density at radius 3 is 2.60 bits per heavy atom. The maximum Gasteiger partial charge on any atom is 0.222 e. The van der Waals surface area contributed by atoms with Crippen molar-refractivity contribution in [3.8, 4) is 0 Å². The van der Waals surface area contributed by atoms with E-state index in [9.17, 15) is 0 Å². The molecule has 0 aromatic carbocycles. The van der Waals surface area contributed by atoms with Crippen LogP contribution in [0.15, 0.2) is 12.6 Å². The van der Waals surface area contributed by atoms with E-state index in [1.807, 2.05) is 0 Å². The molecule has 0 bridgehead atoms. The highest BCUT2D eigenvalue weighted by Crippen LogP contribution is 2.04. The highest BCUT2D eigenvalue weighted by molar-refractivity contribution is 5.49. The fourth-order valence-corrected chi connectivity index (χ4v) is 0.610. The van der Waals surface area contributed by atoms with Gasteiger partial charge in [0.05, 0.1) is 5.69 Å². The van der Waals surface area contributed by atoms with Gasteiger partial charge in [-0.15, -0.1) is 0 Å². The lowest BCUT2D eigenvalue weighted by Gasteiger charge is -1.95. The molecule has 4 N–H and O–H groups in total. The summed E-state index contributed by atoms with van der Waals surface area (Å²) in [6.45, 7) is 3.51. The Bertz CT molecular complexity index is 236. The summed E-state index contributed by atoms with van der Waals surface area (Å²) in [5.74, 6) is 0.539. The molecule has 0 fully saturated rings. The molecular formula is C6H8N4. The summed E-state index contributed by atoms with van der Waals surface area (Å²) < 4.78 is 0. The van der Waals surface area contributed by atoms with Crippen molar-refractivity contribution in [3.05, 3.63) is 18.3 Å². The van der Waals surface area contributed by atoms with Gasteiger partial charge in [-0.1, -0.05) is 6.58 Å². The van der Waals surface area contributed by atoms with Gasteiger partial charge in [0.2, 0.25) is 5.95 Å². The summed E-state index contributed by atoms with van der Waals surface area (Å²) >= 11 is 0. The Hall–Kier alpha value is -1.58. The zero-order valence-corrected chi connectivity index (χ0v) is 5.41. The number of nitrogens with zero attached hydrogens (tertiary/aromatic N) is 2. The van der Waals surface area contributed by atoms with Crippen LogP contribution in [0.5, 0.6) is 0 Å². The number of anilines is 2. The molecule has 0 aliphatic rings. The summed E-state index contributed by atoms with van der Waals surface area (Å²) in [5, 5.41) is 0. The molecule has 0 saturated carbocycles. The van der Waals surface area contributed by atoms with E-state index < -0.39 is 0 Å². The molecule has 10 heavy (non-hydrogen) atoms. The largest absolute Gasteiger partial charge is 0.384 e. The highest BCUT2D eigenvalue weighted by atomic mass is 15.0. The quantitative estimate of drug-likeness (QED) is 0.581. The normalized spacial score (nSPS) is 9.20. The van der Waals surface area contributed by atoms with E-state index in [4.69, 9.17) is 11.5 Å². The minimum absolute atomic E-state index is 0.176. The molecule has 0 radical (unpaired) electrons. The van der Waals surface area contributed by atoms with Crippen LogP contribution in [0.2, 0.25) is 0 Å². The fraction of sp³-hybridized carbons (Fsp3) is 0. The molecule has 0 atom stereocenters. The molecule has 4 nitrogen and oxygen atoms in total. The van der Waals surface area contributed by atoms with Gasteiger partial charge in [0, 0.05) is 6.07 Å². The van der Waals surface area contributed by atoms with Crippen molar-refractivity contribution in [2.24, 2.45) is 0 Å². The molecule has 0 unspecified atom stereocenters. The molecule has 4 heteroatoms. The zero-order valence-electron chi connectivity index (χ0n) is 5.41. The van der Waals surface area contributed by atoms with E-state index in [1.165, 1.54) is 0 Å². The summed E-state index contributed by atoms with van der Waals surface area (Å²) in [6, 6.07) is 1.60. The third kappa shape index (κ3) is 1.22. The Morgan fingerprint density at radius 2 is 2.10 bits per heavy atom. The molecular weight excluding hydrogens is 128 g/mol. The van der Waals surface area contributed by atoms with E-state index >= 15 is 0 Å². The molecule has 0 aliphatic carbocycles. The van der Waals surface area contributed by atoms with Gasteiger partial charge < -0.3 is 11.5 Å². The number of nitrogens with two attached hydrogens (primary N) is 2. The van der Waals surface area contributed by atoms with Gasteiger partial charge in [-0.2, -0.15) is 4.98 Å². The fourth-order valence-electron chi connectivity index (χ4n) is 0.610. The molecule has 1 aromatic heterocycles. The van der Waals surface area contributed by atoms with Crippen LogP contribution in [0.1, 0.15) is 5.69 Å². The van der Waals surface area contributed by atoms with E-state index in [0.717, 1.165) is 0 Å². The van der Waals surface area contributed by atoms with Crippen molar-refractivity contribution in [2.75, 3.05) is 11.5 Å². The van der Waals surface area contributed by atoms with Crippen LogP contribution in [0.25, 0.3) is 6.08 Å². The standard InChI is InChI=1S/C6H8N4/c1-2-4-3-5(7)10-6(8)9-4/h2-3H,1H2,(H4,7,8,9,10). The van der Waals surface area contributed by atoms with Gasteiger partial charge >= 0.3 is 0 Å². The minimum Gasteiger partial charge on any atom is -0.384 e. The van der Waals surface area contributed by atoms with Crippen LogP contribution in [0, 0.1) is 0 Å². The minimum atomic E-state index is 0.176. The van der Waals surface area contributed by atoms with Gasteiger partial charge in [0.15, 0.2) is 0 Å². The van der Waals surface area contributed by atoms with Crippen LogP contribution in [-0.2, 0) is 0 Å². The molecule has 0 saturated heterocycles. The Labute approximate surface area is 58.6 Å². The van der Waals surface area contributed by atoms with Crippen LogP contribution in [0.3, 0.4) is 0 Å². The lowest BCUT2D eigenvalue weighted by atomic mass is 10.4.